The molecule has 0 fully saturated rings. The van der Waals surface area contributed by atoms with Crippen molar-refractivity contribution in [2.24, 2.45) is 0 Å². The smallest absolute Gasteiger partial charge is 0.100 e. The molecule has 1 N–H and O–H groups in total. The summed E-state index contributed by atoms with van der Waals surface area (Å²) in [4.78, 5) is 2.07. The number of anilines is 1. The molecule has 1 unspecified atom stereocenters. The highest BCUT2D eigenvalue weighted by atomic mass is 16.3. The Hall–Kier alpha value is -1.28. The molecular weight excluding hydrogens is 210 g/mol. The van der Waals surface area contributed by atoms with E-state index in [0.29, 0.717) is 0 Å². The summed E-state index contributed by atoms with van der Waals surface area (Å²) in [5, 5.41) is 10.3. The van der Waals surface area contributed by atoms with Crippen molar-refractivity contribution < 1.29 is 5.11 Å². The predicted octanol–water partition coefficient (Wildman–Crippen LogP) is 3.29. The Bertz CT molecular complexity index is 392. The quantitative estimate of drug-likeness (QED) is 0.807. The standard InChI is InChI=1S/C15H21NO/c1-16(2)14-10-8-13(9-11-14)15(17)12-6-4-3-5-7-12/h6,8-11,15,17H,3-5,7H2,1-2H3. The first-order chi connectivity index (χ1) is 8.18. The van der Waals surface area contributed by atoms with Crippen LogP contribution >= 0.6 is 0 Å². The zero-order valence-corrected chi connectivity index (χ0v) is 10.7. The predicted molar refractivity (Wildman–Crippen MR) is 72.3 cm³/mol. The van der Waals surface area contributed by atoms with Crippen molar-refractivity contribution >= 4 is 5.69 Å². The molecule has 0 heterocycles. The molecule has 1 aliphatic rings. The van der Waals surface area contributed by atoms with Gasteiger partial charge in [0.2, 0.25) is 0 Å². The highest BCUT2D eigenvalue weighted by Gasteiger charge is 2.15. The minimum Gasteiger partial charge on any atom is -0.384 e. The van der Waals surface area contributed by atoms with Crippen LogP contribution in [-0.2, 0) is 0 Å². The summed E-state index contributed by atoms with van der Waals surface area (Å²) in [5.41, 5.74) is 3.36. The molecule has 0 bridgehead atoms. The van der Waals surface area contributed by atoms with Crippen molar-refractivity contribution in [3.05, 3.63) is 41.5 Å². The van der Waals surface area contributed by atoms with E-state index in [1.54, 1.807) is 0 Å². The Morgan fingerprint density at radius 1 is 1.12 bits per heavy atom. The molecule has 0 aromatic heterocycles. The van der Waals surface area contributed by atoms with Crippen molar-refractivity contribution in [3.63, 3.8) is 0 Å². The molecule has 0 saturated carbocycles. The first-order valence-electron chi connectivity index (χ1n) is 6.33. The van der Waals surface area contributed by atoms with Gasteiger partial charge in [0.05, 0.1) is 0 Å². The third-order valence-electron chi connectivity index (χ3n) is 3.40. The van der Waals surface area contributed by atoms with Gasteiger partial charge in [-0.2, -0.15) is 0 Å². The number of hydrogen-bond donors (Lipinski definition) is 1. The van der Waals surface area contributed by atoms with Crippen LogP contribution in [0, 0.1) is 0 Å². The van der Waals surface area contributed by atoms with Crippen LogP contribution < -0.4 is 4.90 Å². The molecule has 0 amide bonds. The van der Waals surface area contributed by atoms with E-state index < -0.39 is 6.10 Å². The van der Waals surface area contributed by atoms with E-state index >= 15 is 0 Å². The van der Waals surface area contributed by atoms with E-state index in [1.807, 2.05) is 26.2 Å². The van der Waals surface area contributed by atoms with E-state index in [4.69, 9.17) is 0 Å². The molecule has 1 atom stereocenters. The fourth-order valence-electron chi connectivity index (χ4n) is 2.28. The first-order valence-corrected chi connectivity index (χ1v) is 6.33. The zero-order chi connectivity index (χ0) is 12.3. The zero-order valence-electron chi connectivity index (χ0n) is 10.7. The average Bonchev–Trinajstić information content (AvgIpc) is 2.39. The van der Waals surface area contributed by atoms with Crippen LogP contribution in [0.4, 0.5) is 5.69 Å². The SMILES string of the molecule is CN(C)c1ccc(C(O)C2=CCCCC2)cc1. The highest BCUT2D eigenvalue weighted by Crippen LogP contribution is 2.30. The maximum atomic E-state index is 10.3. The maximum Gasteiger partial charge on any atom is 0.100 e. The second-order valence-corrected chi connectivity index (χ2v) is 4.91. The van der Waals surface area contributed by atoms with Gasteiger partial charge in [-0.25, -0.2) is 0 Å². The lowest BCUT2D eigenvalue weighted by Crippen LogP contribution is -2.09. The van der Waals surface area contributed by atoms with Gasteiger partial charge in [0.15, 0.2) is 0 Å². The van der Waals surface area contributed by atoms with E-state index in [2.05, 4.69) is 23.1 Å². The second kappa shape index (κ2) is 5.37. The Labute approximate surface area is 104 Å². The van der Waals surface area contributed by atoms with Gasteiger partial charge >= 0.3 is 0 Å². The molecule has 0 saturated heterocycles. The van der Waals surface area contributed by atoms with Crippen molar-refractivity contribution in [2.75, 3.05) is 19.0 Å². The number of nitrogens with zero attached hydrogens (tertiary/aromatic N) is 1. The summed E-state index contributed by atoms with van der Waals surface area (Å²) in [5.74, 6) is 0. The molecule has 1 aromatic carbocycles. The number of aliphatic hydroxyl groups is 1. The topological polar surface area (TPSA) is 23.5 Å². The van der Waals surface area contributed by atoms with Crippen LogP contribution in [0.25, 0.3) is 0 Å². The molecule has 0 radical (unpaired) electrons. The lowest BCUT2D eigenvalue weighted by atomic mass is 9.92. The molecule has 92 valence electrons. The highest BCUT2D eigenvalue weighted by molar-refractivity contribution is 5.47. The first kappa shape index (κ1) is 12.2. The second-order valence-electron chi connectivity index (χ2n) is 4.91. The van der Waals surface area contributed by atoms with Crippen LogP contribution in [0.5, 0.6) is 0 Å². The van der Waals surface area contributed by atoms with Crippen molar-refractivity contribution in [1.82, 2.24) is 0 Å². The van der Waals surface area contributed by atoms with E-state index in [9.17, 15) is 5.11 Å². The van der Waals surface area contributed by atoms with Crippen LogP contribution in [0.15, 0.2) is 35.9 Å². The normalized spacial score (nSPS) is 17.5. The van der Waals surface area contributed by atoms with Crippen LogP contribution in [0.3, 0.4) is 0 Å². The van der Waals surface area contributed by atoms with E-state index in [-0.39, 0.29) is 0 Å². The lowest BCUT2D eigenvalue weighted by molar-refractivity contribution is 0.208. The largest absolute Gasteiger partial charge is 0.384 e. The minimum atomic E-state index is -0.411. The summed E-state index contributed by atoms with van der Waals surface area (Å²) in [6, 6.07) is 8.16. The van der Waals surface area contributed by atoms with Crippen molar-refractivity contribution in [3.8, 4) is 0 Å². The van der Waals surface area contributed by atoms with Crippen molar-refractivity contribution in [1.29, 1.82) is 0 Å². The summed E-state index contributed by atoms with van der Waals surface area (Å²) < 4.78 is 0. The van der Waals surface area contributed by atoms with Crippen molar-refractivity contribution in [2.45, 2.75) is 31.8 Å². The third kappa shape index (κ3) is 2.89. The average molecular weight is 231 g/mol. The number of allylic oxidation sites excluding steroid dienone is 1. The van der Waals surface area contributed by atoms with Crippen LogP contribution in [0.1, 0.15) is 37.4 Å². The van der Waals surface area contributed by atoms with Crippen LogP contribution in [-0.4, -0.2) is 19.2 Å². The van der Waals surface area contributed by atoms with Gasteiger partial charge in [0.1, 0.15) is 6.10 Å². The van der Waals surface area contributed by atoms with Crippen LogP contribution in [0.2, 0.25) is 0 Å². The maximum absolute atomic E-state index is 10.3. The molecular formula is C15H21NO. The summed E-state index contributed by atoms with van der Waals surface area (Å²) in [6.45, 7) is 0. The van der Waals surface area contributed by atoms with Gasteiger partial charge in [-0.05, 0) is 49.0 Å². The van der Waals surface area contributed by atoms with Gasteiger partial charge in [-0.15, -0.1) is 0 Å². The fourth-order valence-corrected chi connectivity index (χ4v) is 2.28. The van der Waals surface area contributed by atoms with E-state index in [1.165, 1.54) is 24.1 Å². The van der Waals surface area contributed by atoms with Gasteiger partial charge < -0.3 is 10.0 Å². The molecule has 1 aliphatic carbocycles. The number of rotatable bonds is 3. The summed E-state index contributed by atoms with van der Waals surface area (Å²) in [6.07, 6.45) is 6.41. The third-order valence-corrected chi connectivity index (χ3v) is 3.40. The summed E-state index contributed by atoms with van der Waals surface area (Å²) >= 11 is 0. The Morgan fingerprint density at radius 2 is 1.82 bits per heavy atom. The monoisotopic (exact) mass is 231 g/mol. The fraction of sp³-hybridized carbons (Fsp3) is 0.467. The Balaban J connectivity index is 2.13. The molecule has 0 aliphatic heterocycles. The Morgan fingerprint density at radius 3 is 2.35 bits per heavy atom. The molecule has 2 nitrogen and oxygen atoms in total. The molecule has 17 heavy (non-hydrogen) atoms. The molecule has 0 spiro atoms. The van der Waals surface area contributed by atoms with Gasteiger partial charge in [0.25, 0.3) is 0 Å². The lowest BCUT2D eigenvalue weighted by Gasteiger charge is -2.20. The number of benzene rings is 1. The molecule has 2 heteroatoms. The minimum absolute atomic E-state index is 0.411. The summed E-state index contributed by atoms with van der Waals surface area (Å²) in [7, 11) is 4.05. The van der Waals surface area contributed by atoms with Gasteiger partial charge in [0, 0.05) is 19.8 Å². The number of hydrogen-bond acceptors (Lipinski definition) is 2. The van der Waals surface area contributed by atoms with E-state index in [0.717, 1.165) is 18.4 Å². The molecule has 1 aromatic rings. The number of aliphatic hydroxyl groups excluding tert-OH is 1. The van der Waals surface area contributed by atoms with Gasteiger partial charge in [-0.3, -0.25) is 0 Å². The van der Waals surface area contributed by atoms with Gasteiger partial charge in [-0.1, -0.05) is 18.2 Å². The molecule has 2 rings (SSSR count). The Kier molecular flexibility index (Phi) is 3.85.